The standard InChI is InChI=1S/C18H23NO3/c1-14(7-5-10-15-8-3-2-4-9-15)18(21)19-16(13-20)17-11-6-12-22-17/h2-4,6,8-9,11-12,14,16,20H,5,7,10,13H2,1H3,(H,19,21). The molecule has 1 aromatic carbocycles. The smallest absolute Gasteiger partial charge is 0.223 e. The second kappa shape index (κ2) is 8.39. The van der Waals surface area contributed by atoms with E-state index in [9.17, 15) is 9.90 Å². The molecule has 22 heavy (non-hydrogen) atoms. The van der Waals surface area contributed by atoms with Crippen molar-refractivity contribution in [2.45, 2.75) is 32.2 Å². The van der Waals surface area contributed by atoms with E-state index in [-0.39, 0.29) is 18.4 Å². The summed E-state index contributed by atoms with van der Waals surface area (Å²) in [6.07, 6.45) is 4.29. The highest BCUT2D eigenvalue weighted by Gasteiger charge is 2.19. The highest BCUT2D eigenvalue weighted by molar-refractivity contribution is 5.78. The van der Waals surface area contributed by atoms with E-state index in [1.165, 1.54) is 11.8 Å². The number of benzene rings is 1. The Labute approximate surface area is 131 Å². The molecule has 0 aliphatic rings. The van der Waals surface area contributed by atoms with E-state index in [1.807, 2.05) is 25.1 Å². The molecular formula is C18H23NO3. The van der Waals surface area contributed by atoms with Crippen molar-refractivity contribution in [2.75, 3.05) is 6.61 Å². The Morgan fingerprint density at radius 2 is 2.00 bits per heavy atom. The van der Waals surface area contributed by atoms with E-state index < -0.39 is 6.04 Å². The van der Waals surface area contributed by atoms with Crippen molar-refractivity contribution >= 4 is 5.91 Å². The molecule has 0 spiro atoms. The molecule has 1 aromatic heterocycles. The molecule has 0 aliphatic heterocycles. The maximum atomic E-state index is 12.2. The SMILES string of the molecule is CC(CCCc1ccccc1)C(=O)NC(CO)c1ccco1. The second-order valence-corrected chi connectivity index (χ2v) is 5.54. The molecule has 0 fully saturated rings. The Hall–Kier alpha value is -2.07. The van der Waals surface area contributed by atoms with Gasteiger partial charge in [0.2, 0.25) is 5.91 Å². The number of hydrogen-bond donors (Lipinski definition) is 2. The number of amides is 1. The minimum atomic E-state index is -0.473. The molecule has 2 N–H and O–H groups in total. The lowest BCUT2D eigenvalue weighted by atomic mass is 10.00. The molecule has 2 unspecified atom stereocenters. The van der Waals surface area contributed by atoms with Gasteiger partial charge in [0, 0.05) is 5.92 Å². The lowest BCUT2D eigenvalue weighted by Gasteiger charge is -2.17. The molecule has 1 amide bonds. The van der Waals surface area contributed by atoms with Crippen LogP contribution >= 0.6 is 0 Å². The zero-order valence-corrected chi connectivity index (χ0v) is 12.9. The minimum absolute atomic E-state index is 0.0523. The van der Waals surface area contributed by atoms with Crippen LogP contribution in [-0.2, 0) is 11.2 Å². The molecule has 2 aromatic rings. The van der Waals surface area contributed by atoms with Gasteiger partial charge in [0.15, 0.2) is 0 Å². The topological polar surface area (TPSA) is 62.5 Å². The van der Waals surface area contributed by atoms with E-state index >= 15 is 0 Å². The molecule has 0 bridgehead atoms. The van der Waals surface area contributed by atoms with Gasteiger partial charge in [-0.3, -0.25) is 4.79 Å². The van der Waals surface area contributed by atoms with Crippen LogP contribution in [0.3, 0.4) is 0 Å². The fourth-order valence-corrected chi connectivity index (χ4v) is 2.40. The molecule has 0 radical (unpaired) electrons. The Morgan fingerprint density at radius 3 is 2.64 bits per heavy atom. The van der Waals surface area contributed by atoms with Crippen molar-refractivity contribution in [3.05, 3.63) is 60.1 Å². The number of rotatable bonds is 8. The van der Waals surface area contributed by atoms with Crippen LogP contribution in [0.2, 0.25) is 0 Å². The molecule has 1 heterocycles. The first-order chi connectivity index (χ1) is 10.7. The molecular weight excluding hydrogens is 278 g/mol. The zero-order valence-electron chi connectivity index (χ0n) is 12.9. The van der Waals surface area contributed by atoms with Crippen molar-refractivity contribution in [3.63, 3.8) is 0 Å². The second-order valence-electron chi connectivity index (χ2n) is 5.54. The van der Waals surface area contributed by atoms with Gasteiger partial charge in [0.1, 0.15) is 11.8 Å². The number of carbonyl (C=O) groups excluding carboxylic acids is 1. The van der Waals surface area contributed by atoms with Crippen LogP contribution in [0.15, 0.2) is 53.1 Å². The summed E-state index contributed by atoms with van der Waals surface area (Å²) in [5.74, 6) is 0.434. The fraction of sp³-hybridized carbons (Fsp3) is 0.389. The van der Waals surface area contributed by atoms with Gasteiger partial charge in [-0.1, -0.05) is 37.3 Å². The predicted octanol–water partition coefficient (Wildman–Crippen LogP) is 3.09. The van der Waals surface area contributed by atoms with Gasteiger partial charge >= 0.3 is 0 Å². The Bertz CT molecular complexity index is 551. The first-order valence-electron chi connectivity index (χ1n) is 7.69. The Kier molecular flexibility index (Phi) is 6.22. The van der Waals surface area contributed by atoms with Crippen LogP contribution in [-0.4, -0.2) is 17.6 Å². The molecule has 0 saturated heterocycles. The van der Waals surface area contributed by atoms with Crippen LogP contribution in [0.1, 0.15) is 37.1 Å². The third-order valence-corrected chi connectivity index (χ3v) is 3.78. The van der Waals surface area contributed by atoms with Crippen LogP contribution in [0.4, 0.5) is 0 Å². The lowest BCUT2D eigenvalue weighted by Crippen LogP contribution is -2.34. The van der Waals surface area contributed by atoms with Crippen molar-refractivity contribution in [3.8, 4) is 0 Å². The summed E-state index contributed by atoms with van der Waals surface area (Å²) in [4.78, 5) is 12.2. The normalized spacial score (nSPS) is 13.5. The number of aliphatic hydroxyl groups is 1. The molecule has 0 aliphatic carbocycles. The van der Waals surface area contributed by atoms with E-state index in [0.29, 0.717) is 5.76 Å². The van der Waals surface area contributed by atoms with Gasteiger partial charge in [0.25, 0.3) is 0 Å². The lowest BCUT2D eigenvalue weighted by molar-refractivity contribution is -0.126. The van der Waals surface area contributed by atoms with E-state index in [0.717, 1.165) is 19.3 Å². The number of nitrogens with one attached hydrogen (secondary N) is 1. The fourth-order valence-electron chi connectivity index (χ4n) is 2.40. The van der Waals surface area contributed by atoms with Crippen LogP contribution < -0.4 is 5.32 Å². The van der Waals surface area contributed by atoms with Gasteiger partial charge in [-0.25, -0.2) is 0 Å². The van der Waals surface area contributed by atoms with Crippen molar-refractivity contribution in [2.24, 2.45) is 5.92 Å². The first-order valence-corrected chi connectivity index (χ1v) is 7.69. The minimum Gasteiger partial charge on any atom is -0.467 e. The summed E-state index contributed by atoms with van der Waals surface area (Å²) in [6.45, 7) is 1.74. The molecule has 4 heteroatoms. The largest absolute Gasteiger partial charge is 0.467 e. The summed E-state index contributed by atoms with van der Waals surface area (Å²) in [5.41, 5.74) is 1.29. The van der Waals surface area contributed by atoms with E-state index in [2.05, 4.69) is 17.4 Å². The predicted molar refractivity (Wildman–Crippen MR) is 85.2 cm³/mol. The quantitative estimate of drug-likeness (QED) is 0.787. The van der Waals surface area contributed by atoms with Crippen molar-refractivity contribution < 1.29 is 14.3 Å². The highest BCUT2D eigenvalue weighted by atomic mass is 16.3. The molecule has 0 saturated carbocycles. The van der Waals surface area contributed by atoms with E-state index in [4.69, 9.17) is 4.42 Å². The summed E-state index contributed by atoms with van der Waals surface area (Å²) in [5, 5.41) is 12.2. The van der Waals surface area contributed by atoms with Crippen LogP contribution in [0.25, 0.3) is 0 Å². The number of aliphatic hydroxyl groups excluding tert-OH is 1. The van der Waals surface area contributed by atoms with Gasteiger partial charge in [-0.05, 0) is 37.0 Å². The average molecular weight is 301 g/mol. The maximum Gasteiger partial charge on any atom is 0.223 e. The highest BCUT2D eigenvalue weighted by Crippen LogP contribution is 2.15. The monoisotopic (exact) mass is 301 g/mol. The first kappa shape index (κ1) is 16.3. The van der Waals surface area contributed by atoms with Crippen molar-refractivity contribution in [1.82, 2.24) is 5.32 Å². The summed E-state index contributed by atoms with van der Waals surface area (Å²) in [6, 6.07) is 13.3. The number of aryl methyl sites for hydroxylation is 1. The van der Waals surface area contributed by atoms with Crippen molar-refractivity contribution in [1.29, 1.82) is 0 Å². The number of carbonyl (C=O) groups is 1. The zero-order chi connectivity index (χ0) is 15.8. The van der Waals surface area contributed by atoms with Gasteiger partial charge < -0.3 is 14.8 Å². The van der Waals surface area contributed by atoms with Gasteiger partial charge in [0.05, 0.1) is 12.9 Å². The van der Waals surface area contributed by atoms with E-state index in [1.54, 1.807) is 12.1 Å². The Morgan fingerprint density at radius 1 is 1.23 bits per heavy atom. The number of hydrogen-bond acceptors (Lipinski definition) is 3. The molecule has 4 nitrogen and oxygen atoms in total. The summed E-state index contributed by atoms with van der Waals surface area (Å²) >= 11 is 0. The third kappa shape index (κ3) is 4.74. The molecule has 2 rings (SSSR count). The summed E-state index contributed by atoms with van der Waals surface area (Å²) < 4.78 is 5.23. The number of furan rings is 1. The maximum absolute atomic E-state index is 12.2. The third-order valence-electron chi connectivity index (χ3n) is 3.78. The van der Waals surface area contributed by atoms with Crippen LogP contribution in [0, 0.1) is 5.92 Å². The summed E-state index contributed by atoms with van der Waals surface area (Å²) in [7, 11) is 0. The molecule has 2 atom stereocenters. The Balaban J connectivity index is 1.77. The molecule has 118 valence electrons. The van der Waals surface area contributed by atoms with Gasteiger partial charge in [-0.2, -0.15) is 0 Å². The average Bonchev–Trinajstić information content (AvgIpc) is 3.07. The van der Waals surface area contributed by atoms with Crippen LogP contribution in [0.5, 0.6) is 0 Å². The van der Waals surface area contributed by atoms with Gasteiger partial charge in [-0.15, -0.1) is 0 Å².